The monoisotopic (exact) mass is 197 g/mol. The van der Waals surface area contributed by atoms with Crippen LogP contribution >= 0.6 is 0 Å². The van der Waals surface area contributed by atoms with Crippen molar-refractivity contribution in [2.45, 2.75) is 52.5 Å². The summed E-state index contributed by atoms with van der Waals surface area (Å²) in [6, 6.07) is 0. The third-order valence-corrected chi connectivity index (χ3v) is 3.16. The van der Waals surface area contributed by atoms with E-state index in [2.05, 4.69) is 6.58 Å². The number of hydrogen-bond acceptors (Lipinski definition) is 2. The summed E-state index contributed by atoms with van der Waals surface area (Å²) in [5.41, 5.74) is 6.49. The Hall–Kier alpha value is -0.630. The zero-order valence-electron chi connectivity index (χ0n) is 9.89. The molecule has 0 aromatic carbocycles. The maximum atomic E-state index is 11.9. The lowest BCUT2D eigenvalue weighted by Crippen LogP contribution is -2.49. The summed E-state index contributed by atoms with van der Waals surface area (Å²) in [5.74, 6) is 0.0497. The van der Waals surface area contributed by atoms with Gasteiger partial charge in [0.15, 0.2) is 5.78 Å². The fourth-order valence-corrected chi connectivity index (χ4v) is 1.89. The van der Waals surface area contributed by atoms with Gasteiger partial charge in [-0.3, -0.25) is 4.79 Å². The Kier molecular flexibility index (Phi) is 5.06. The van der Waals surface area contributed by atoms with Gasteiger partial charge < -0.3 is 5.73 Å². The van der Waals surface area contributed by atoms with Crippen molar-refractivity contribution < 1.29 is 4.79 Å². The van der Waals surface area contributed by atoms with Crippen molar-refractivity contribution in [3.8, 4) is 0 Å². The van der Waals surface area contributed by atoms with Gasteiger partial charge in [-0.25, -0.2) is 0 Å². The van der Waals surface area contributed by atoms with Gasteiger partial charge in [-0.15, -0.1) is 0 Å². The van der Waals surface area contributed by atoms with E-state index < -0.39 is 0 Å². The molecule has 2 nitrogen and oxygen atoms in total. The first-order valence-electron chi connectivity index (χ1n) is 5.41. The van der Waals surface area contributed by atoms with Gasteiger partial charge >= 0.3 is 0 Å². The minimum Gasteiger partial charge on any atom is -0.324 e. The van der Waals surface area contributed by atoms with E-state index >= 15 is 0 Å². The van der Waals surface area contributed by atoms with Crippen molar-refractivity contribution in [1.29, 1.82) is 0 Å². The van der Waals surface area contributed by atoms with Gasteiger partial charge in [0.05, 0.1) is 0 Å². The first kappa shape index (κ1) is 13.4. The summed E-state index contributed by atoms with van der Waals surface area (Å²) in [5, 5.41) is 0. The van der Waals surface area contributed by atoms with E-state index in [0.717, 1.165) is 19.3 Å². The average molecular weight is 197 g/mol. The molecule has 0 aliphatic heterocycles. The van der Waals surface area contributed by atoms with E-state index in [-0.39, 0.29) is 17.2 Å². The van der Waals surface area contributed by atoms with Crippen LogP contribution in [0.15, 0.2) is 12.2 Å². The number of Topliss-reactive ketones (excluding diaryl/α,β-unsaturated/α-hetero) is 1. The molecule has 0 saturated heterocycles. The van der Waals surface area contributed by atoms with Gasteiger partial charge in [0.2, 0.25) is 0 Å². The summed E-state index contributed by atoms with van der Waals surface area (Å²) in [6.07, 6.45) is 2.46. The average Bonchev–Trinajstić information content (AvgIpc) is 2.18. The van der Waals surface area contributed by atoms with Gasteiger partial charge in [0.25, 0.3) is 0 Å². The van der Waals surface area contributed by atoms with Crippen molar-refractivity contribution in [1.82, 2.24) is 0 Å². The van der Waals surface area contributed by atoms with Crippen molar-refractivity contribution in [2.75, 3.05) is 0 Å². The quantitative estimate of drug-likeness (QED) is 0.665. The second-order valence-electron chi connectivity index (χ2n) is 4.05. The number of rotatable bonds is 6. The topological polar surface area (TPSA) is 43.1 Å². The highest BCUT2D eigenvalue weighted by Gasteiger charge is 2.35. The van der Waals surface area contributed by atoms with Crippen LogP contribution in [0.4, 0.5) is 0 Å². The predicted molar refractivity (Wildman–Crippen MR) is 61.1 cm³/mol. The van der Waals surface area contributed by atoms with E-state index in [1.54, 1.807) is 6.92 Å². The first-order chi connectivity index (χ1) is 6.42. The Labute approximate surface area is 87.6 Å². The molecule has 2 heteroatoms. The first-order valence-corrected chi connectivity index (χ1v) is 5.41. The van der Waals surface area contributed by atoms with Gasteiger partial charge in [-0.1, -0.05) is 27.4 Å². The zero-order chi connectivity index (χ0) is 11.4. The summed E-state index contributed by atoms with van der Waals surface area (Å²) in [6.45, 7) is 11.6. The molecule has 1 atom stereocenters. The number of carbonyl (C=O) groups excluding carboxylic acids is 1. The Morgan fingerprint density at radius 1 is 1.36 bits per heavy atom. The molecule has 0 aromatic heterocycles. The van der Waals surface area contributed by atoms with Crippen LogP contribution in [0, 0.1) is 5.92 Å². The molecule has 0 rings (SSSR count). The molecule has 0 aliphatic carbocycles. The van der Waals surface area contributed by atoms with E-state index in [9.17, 15) is 4.79 Å². The summed E-state index contributed by atoms with van der Waals surface area (Å²) < 4.78 is 0. The van der Waals surface area contributed by atoms with E-state index in [0.29, 0.717) is 5.57 Å². The molecule has 0 fully saturated rings. The van der Waals surface area contributed by atoms with Crippen LogP contribution < -0.4 is 5.73 Å². The highest BCUT2D eigenvalue weighted by atomic mass is 16.1. The fourth-order valence-electron chi connectivity index (χ4n) is 1.89. The second kappa shape index (κ2) is 5.30. The summed E-state index contributed by atoms with van der Waals surface area (Å²) >= 11 is 0. The zero-order valence-corrected chi connectivity index (χ0v) is 9.89. The van der Waals surface area contributed by atoms with Gasteiger partial charge in [-0.2, -0.15) is 0 Å². The Morgan fingerprint density at radius 3 is 2.00 bits per heavy atom. The number of allylic oxidation sites excluding steroid dienone is 1. The van der Waals surface area contributed by atoms with E-state index in [1.165, 1.54) is 0 Å². The lowest BCUT2D eigenvalue weighted by atomic mass is 9.75. The molecule has 14 heavy (non-hydrogen) atoms. The van der Waals surface area contributed by atoms with Crippen LogP contribution in [-0.2, 0) is 4.79 Å². The highest BCUT2D eigenvalue weighted by Crippen LogP contribution is 2.27. The van der Waals surface area contributed by atoms with Crippen molar-refractivity contribution >= 4 is 5.78 Å². The Morgan fingerprint density at radius 2 is 1.79 bits per heavy atom. The Balaban J connectivity index is 4.86. The molecule has 0 radical (unpaired) electrons. The minimum absolute atomic E-state index is 0.0741. The number of ketones is 1. The maximum Gasteiger partial charge on any atom is 0.162 e. The van der Waals surface area contributed by atoms with Crippen LogP contribution in [0.5, 0.6) is 0 Å². The number of nitrogens with two attached hydrogens (primary N) is 1. The predicted octanol–water partition coefficient (Wildman–Crippen LogP) is 2.68. The number of carbonyl (C=O) groups is 1. The van der Waals surface area contributed by atoms with Crippen LogP contribution in [-0.4, -0.2) is 11.3 Å². The largest absolute Gasteiger partial charge is 0.324 e. The molecule has 2 N–H and O–H groups in total. The summed E-state index contributed by atoms with van der Waals surface area (Å²) in [7, 11) is 0. The summed E-state index contributed by atoms with van der Waals surface area (Å²) in [4.78, 5) is 11.9. The van der Waals surface area contributed by atoms with Crippen LogP contribution in [0.1, 0.15) is 47.0 Å². The molecule has 0 saturated carbocycles. The van der Waals surface area contributed by atoms with Gasteiger partial charge in [0.1, 0.15) is 0 Å². The smallest absolute Gasteiger partial charge is 0.162 e. The second-order valence-corrected chi connectivity index (χ2v) is 4.05. The fraction of sp³-hybridized carbons (Fsp3) is 0.750. The molecule has 0 aliphatic rings. The molecule has 0 spiro atoms. The SMILES string of the molecule is C=C(C)C(=O)C(CC)C(N)(CC)CC. The van der Waals surface area contributed by atoms with Crippen LogP contribution in [0.25, 0.3) is 0 Å². The third-order valence-electron chi connectivity index (χ3n) is 3.16. The lowest BCUT2D eigenvalue weighted by Gasteiger charge is -2.34. The van der Waals surface area contributed by atoms with Gasteiger partial charge in [0, 0.05) is 11.5 Å². The molecule has 0 bridgehead atoms. The van der Waals surface area contributed by atoms with Crippen LogP contribution in [0.2, 0.25) is 0 Å². The van der Waals surface area contributed by atoms with E-state index in [4.69, 9.17) is 5.73 Å². The lowest BCUT2D eigenvalue weighted by molar-refractivity contribution is -0.121. The van der Waals surface area contributed by atoms with Crippen LogP contribution in [0.3, 0.4) is 0 Å². The molecular weight excluding hydrogens is 174 g/mol. The minimum atomic E-state index is -0.356. The normalized spacial score (nSPS) is 13.8. The van der Waals surface area contributed by atoms with Crippen molar-refractivity contribution in [2.24, 2.45) is 11.7 Å². The van der Waals surface area contributed by atoms with Crippen molar-refractivity contribution in [3.63, 3.8) is 0 Å². The molecule has 1 unspecified atom stereocenters. The molecule has 0 heterocycles. The molecular formula is C12H23NO. The molecule has 82 valence electrons. The third kappa shape index (κ3) is 2.68. The number of hydrogen-bond donors (Lipinski definition) is 1. The molecule has 0 aromatic rings. The standard InChI is InChI=1S/C12H23NO/c1-6-10(11(14)9(4)5)12(13,7-2)8-3/h10H,4,6-8,13H2,1-3,5H3. The van der Waals surface area contributed by atoms with Crippen molar-refractivity contribution in [3.05, 3.63) is 12.2 Å². The highest BCUT2D eigenvalue weighted by molar-refractivity contribution is 5.96. The maximum absolute atomic E-state index is 11.9. The van der Waals surface area contributed by atoms with E-state index in [1.807, 2.05) is 20.8 Å². The molecule has 0 amide bonds. The Bertz CT molecular complexity index is 216. The van der Waals surface area contributed by atoms with Gasteiger partial charge in [-0.05, 0) is 31.8 Å².